The van der Waals surface area contributed by atoms with Gasteiger partial charge in [0.2, 0.25) is 5.91 Å². The van der Waals surface area contributed by atoms with Crippen LogP contribution in [0.5, 0.6) is 5.75 Å². The van der Waals surface area contributed by atoms with Crippen LogP contribution in [0.4, 0.5) is 14.5 Å². The average Bonchev–Trinajstić information content (AvgIpc) is 3.18. The summed E-state index contributed by atoms with van der Waals surface area (Å²) in [7, 11) is 0. The first kappa shape index (κ1) is 19.0. The highest BCUT2D eigenvalue weighted by Gasteiger charge is 2.17. The van der Waals surface area contributed by atoms with Crippen molar-refractivity contribution in [2.45, 2.75) is 12.7 Å². The first-order chi connectivity index (χ1) is 13.1. The summed E-state index contributed by atoms with van der Waals surface area (Å²) in [6.07, 6.45) is 0. The molecule has 0 saturated carbocycles. The van der Waals surface area contributed by atoms with E-state index < -0.39 is 6.61 Å². The molecule has 140 valence electrons. The molecule has 27 heavy (non-hydrogen) atoms. The van der Waals surface area contributed by atoms with Gasteiger partial charge in [0, 0.05) is 4.88 Å². The summed E-state index contributed by atoms with van der Waals surface area (Å²) in [5.41, 5.74) is 1.24. The molecule has 0 aliphatic rings. The fourth-order valence-corrected chi connectivity index (χ4v) is 3.47. The topological polar surface area (TPSA) is 50.4 Å². The molecule has 2 aromatic carbocycles. The Bertz CT molecular complexity index is 857. The third-order valence-electron chi connectivity index (χ3n) is 3.80. The molecule has 4 nitrogen and oxygen atoms in total. The van der Waals surface area contributed by atoms with Gasteiger partial charge in [-0.3, -0.25) is 10.1 Å². The Morgan fingerprint density at radius 1 is 1.00 bits per heavy atom. The number of anilines is 1. The molecular formula is C20H18F2N2O2S. The van der Waals surface area contributed by atoms with Gasteiger partial charge in [0.1, 0.15) is 5.75 Å². The van der Waals surface area contributed by atoms with Crippen molar-refractivity contribution in [3.05, 3.63) is 82.6 Å². The van der Waals surface area contributed by atoms with Gasteiger partial charge in [-0.2, -0.15) is 8.78 Å². The number of halogens is 2. The van der Waals surface area contributed by atoms with E-state index in [4.69, 9.17) is 0 Å². The molecule has 3 rings (SSSR count). The van der Waals surface area contributed by atoms with Crippen molar-refractivity contribution in [3.63, 3.8) is 0 Å². The van der Waals surface area contributed by atoms with Crippen molar-refractivity contribution in [2.75, 3.05) is 11.9 Å². The number of alkyl halides is 2. The SMILES string of the molecule is O=C(CN[C@H](c1ccccc1)c1cccs1)Nc1ccccc1OC(F)F. The number of thiophene rings is 1. The Labute approximate surface area is 159 Å². The summed E-state index contributed by atoms with van der Waals surface area (Å²) >= 11 is 1.59. The summed E-state index contributed by atoms with van der Waals surface area (Å²) < 4.78 is 29.4. The van der Waals surface area contributed by atoms with Crippen LogP contribution in [-0.4, -0.2) is 19.1 Å². The second kappa shape index (κ2) is 9.25. The fraction of sp³-hybridized carbons (Fsp3) is 0.150. The predicted molar refractivity (Wildman–Crippen MR) is 102 cm³/mol. The van der Waals surface area contributed by atoms with Gasteiger partial charge in [-0.1, -0.05) is 48.5 Å². The quantitative estimate of drug-likeness (QED) is 0.590. The highest BCUT2D eigenvalue weighted by molar-refractivity contribution is 7.10. The molecule has 0 radical (unpaired) electrons. The summed E-state index contributed by atoms with van der Waals surface area (Å²) in [5.74, 6) is -0.420. The van der Waals surface area contributed by atoms with E-state index in [0.717, 1.165) is 10.4 Å². The molecule has 0 aliphatic heterocycles. The molecule has 0 spiro atoms. The van der Waals surface area contributed by atoms with Crippen LogP contribution in [0, 0.1) is 0 Å². The molecule has 7 heteroatoms. The van der Waals surface area contributed by atoms with Gasteiger partial charge in [0.05, 0.1) is 18.3 Å². The number of carbonyl (C=O) groups excluding carboxylic acids is 1. The van der Waals surface area contributed by atoms with Crippen LogP contribution in [0.2, 0.25) is 0 Å². The van der Waals surface area contributed by atoms with Crippen LogP contribution in [0.15, 0.2) is 72.1 Å². The minimum atomic E-state index is -2.96. The standard InChI is InChI=1S/C20H18F2N2O2S/c21-20(22)26-16-10-5-4-9-15(16)24-18(25)13-23-19(17-11-6-12-27-17)14-7-2-1-3-8-14/h1-12,19-20,23H,13H2,(H,24,25)/t19-/m1/s1. The van der Waals surface area contributed by atoms with Crippen molar-refractivity contribution in [1.29, 1.82) is 0 Å². The number of nitrogens with one attached hydrogen (secondary N) is 2. The molecular weight excluding hydrogens is 370 g/mol. The first-order valence-electron chi connectivity index (χ1n) is 8.29. The first-order valence-corrected chi connectivity index (χ1v) is 9.17. The molecule has 3 aromatic rings. The third kappa shape index (κ3) is 5.35. The van der Waals surface area contributed by atoms with Crippen LogP contribution in [-0.2, 0) is 4.79 Å². The Morgan fingerprint density at radius 2 is 1.74 bits per heavy atom. The van der Waals surface area contributed by atoms with Crippen LogP contribution in [0.1, 0.15) is 16.5 Å². The summed E-state index contributed by atoms with van der Waals surface area (Å²) in [4.78, 5) is 13.4. The van der Waals surface area contributed by atoms with Crippen LogP contribution in [0.3, 0.4) is 0 Å². The van der Waals surface area contributed by atoms with Crippen LogP contribution in [0.25, 0.3) is 0 Å². The molecule has 1 atom stereocenters. The lowest BCUT2D eigenvalue weighted by Gasteiger charge is -2.18. The van der Waals surface area contributed by atoms with Crippen molar-refractivity contribution in [1.82, 2.24) is 5.32 Å². The number of hydrogen-bond acceptors (Lipinski definition) is 4. The minimum Gasteiger partial charge on any atom is -0.433 e. The predicted octanol–water partition coefficient (Wildman–Crippen LogP) is 4.67. The van der Waals surface area contributed by atoms with E-state index in [1.165, 1.54) is 12.1 Å². The highest BCUT2D eigenvalue weighted by Crippen LogP contribution is 2.27. The van der Waals surface area contributed by atoms with Gasteiger partial charge in [-0.25, -0.2) is 0 Å². The molecule has 0 unspecified atom stereocenters. The van der Waals surface area contributed by atoms with Crippen LogP contribution < -0.4 is 15.4 Å². The average molecular weight is 388 g/mol. The number of carbonyl (C=O) groups is 1. The van der Waals surface area contributed by atoms with E-state index >= 15 is 0 Å². The van der Waals surface area contributed by atoms with Gasteiger partial charge in [-0.05, 0) is 29.1 Å². The zero-order chi connectivity index (χ0) is 19.1. The van der Waals surface area contributed by atoms with Crippen LogP contribution >= 0.6 is 11.3 Å². The molecule has 0 fully saturated rings. The maximum atomic E-state index is 12.5. The van der Waals surface area contributed by atoms with Gasteiger partial charge < -0.3 is 10.1 Å². The van der Waals surface area contributed by atoms with Crippen molar-refractivity contribution >= 4 is 22.9 Å². The lowest BCUT2D eigenvalue weighted by atomic mass is 10.1. The van der Waals surface area contributed by atoms with E-state index in [9.17, 15) is 13.6 Å². The monoisotopic (exact) mass is 388 g/mol. The molecule has 0 saturated heterocycles. The molecule has 1 amide bonds. The molecule has 0 aliphatic carbocycles. The molecule has 1 aromatic heterocycles. The van der Waals surface area contributed by atoms with Gasteiger partial charge in [0.25, 0.3) is 0 Å². The Morgan fingerprint density at radius 3 is 2.44 bits per heavy atom. The van der Waals surface area contributed by atoms with Gasteiger partial charge in [-0.15, -0.1) is 11.3 Å². The van der Waals surface area contributed by atoms with Gasteiger partial charge >= 0.3 is 6.61 Å². The maximum absolute atomic E-state index is 12.5. The molecule has 0 bridgehead atoms. The second-order valence-corrected chi connectivity index (χ2v) is 6.64. The largest absolute Gasteiger partial charge is 0.433 e. The Kier molecular flexibility index (Phi) is 6.51. The van der Waals surface area contributed by atoms with Crippen molar-refractivity contribution in [3.8, 4) is 5.75 Å². The number of hydrogen-bond donors (Lipinski definition) is 2. The maximum Gasteiger partial charge on any atom is 0.387 e. The zero-order valence-corrected chi connectivity index (χ0v) is 15.1. The lowest BCUT2D eigenvalue weighted by molar-refractivity contribution is -0.115. The summed E-state index contributed by atoms with van der Waals surface area (Å²) in [6.45, 7) is -2.94. The normalized spacial score (nSPS) is 12.0. The highest BCUT2D eigenvalue weighted by atomic mass is 32.1. The Hall–Kier alpha value is -2.77. The van der Waals surface area contributed by atoms with Gasteiger partial charge in [0.15, 0.2) is 0 Å². The molecule has 1 heterocycles. The minimum absolute atomic E-state index is 0.0144. The number of para-hydroxylation sites is 2. The molecule has 2 N–H and O–H groups in total. The van der Waals surface area contributed by atoms with E-state index in [-0.39, 0.29) is 29.9 Å². The number of ether oxygens (including phenoxy) is 1. The van der Waals surface area contributed by atoms with E-state index in [1.807, 2.05) is 47.8 Å². The second-order valence-electron chi connectivity index (χ2n) is 5.66. The summed E-state index contributed by atoms with van der Waals surface area (Å²) in [5, 5.41) is 7.82. The summed E-state index contributed by atoms with van der Waals surface area (Å²) in [6, 6.07) is 19.7. The number of rotatable bonds is 8. The fourth-order valence-electron chi connectivity index (χ4n) is 2.64. The number of amides is 1. The van der Waals surface area contributed by atoms with E-state index in [1.54, 1.807) is 23.5 Å². The van der Waals surface area contributed by atoms with Crippen molar-refractivity contribution < 1.29 is 18.3 Å². The zero-order valence-electron chi connectivity index (χ0n) is 14.3. The smallest absolute Gasteiger partial charge is 0.387 e. The van der Waals surface area contributed by atoms with Crippen molar-refractivity contribution in [2.24, 2.45) is 0 Å². The van der Waals surface area contributed by atoms with E-state index in [2.05, 4.69) is 15.4 Å². The number of benzene rings is 2. The lowest BCUT2D eigenvalue weighted by Crippen LogP contribution is -2.31. The third-order valence-corrected chi connectivity index (χ3v) is 4.74. The van der Waals surface area contributed by atoms with E-state index in [0.29, 0.717) is 0 Å². The Balaban J connectivity index is 1.67.